The molecule has 4 nitrogen and oxygen atoms in total. The number of rotatable bonds is 3. The van der Waals surface area contributed by atoms with Gasteiger partial charge >= 0.3 is 0 Å². The maximum Gasteiger partial charge on any atom is 0.285 e. The van der Waals surface area contributed by atoms with Crippen LogP contribution in [0.3, 0.4) is 0 Å². The molecule has 0 aliphatic heterocycles. The lowest BCUT2D eigenvalue weighted by atomic mass is 10.3. The van der Waals surface area contributed by atoms with Crippen molar-refractivity contribution in [3.8, 4) is 0 Å². The van der Waals surface area contributed by atoms with Gasteiger partial charge in [0.25, 0.3) is 5.91 Å². The Morgan fingerprint density at radius 3 is 2.47 bits per heavy atom. The molecular weight excluding hydrogens is 284 g/mol. The van der Waals surface area contributed by atoms with E-state index in [1.165, 1.54) is 4.90 Å². The molecule has 17 heavy (non-hydrogen) atoms. The minimum absolute atomic E-state index is 0.166. The minimum Gasteiger partial charge on any atom is -0.343 e. The second-order valence-electron chi connectivity index (χ2n) is 3.34. The molecule has 0 saturated carbocycles. The first-order chi connectivity index (χ1) is 7.91. The summed E-state index contributed by atoms with van der Waals surface area (Å²) >= 11 is 17.3. The summed E-state index contributed by atoms with van der Waals surface area (Å²) in [5.41, 5.74) is 3.20. The van der Waals surface area contributed by atoms with Gasteiger partial charge in [-0.2, -0.15) is 5.10 Å². The molecule has 0 aliphatic rings. The van der Waals surface area contributed by atoms with Gasteiger partial charge in [0, 0.05) is 14.1 Å². The summed E-state index contributed by atoms with van der Waals surface area (Å²) < 4.78 is 0. The van der Waals surface area contributed by atoms with Crippen LogP contribution in [0.5, 0.6) is 0 Å². The van der Waals surface area contributed by atoms with E-state index in [0.29, 0.717) is 15.7 Å². The van der Waals surface area contributed by atoms with Crippen molar-refractivity contribution in [1.29, 1.82) is 0 Å². The van der Waals surface area contributed by atoms with Crippen LogP contribution in [0.25, 0.3) is 0 Å². The number of carbonyl (C=O) groups is 1. The molecule has 1 aromatic rings. The molecule has 0 radical (unpaired) electrons. The second kappa shape index (κ2) is 6.10. The van der Waals surface area contributed by atoms with Crippen molar-refractivity contribution < 1.29 is 4.79 Å². The van der Waals surface area contributed by atoms with Crippen LogP contribution >= 0.6 is 34.8 Å². The van der Waals surface area contributed by atoms with E-state index in [2.05, 4.69) is 10.5 Å². The van der Waals surface area contributed by atoms with E-state index in [-0.39, 0.29) is 11.1 Å². The highest BCUT2D eigenvalue weighted by atomic mass is 35.5. The lowest BCUT2D eigenvalue weighted by molar-refractivity contribution is -0.121. The molecule has 1 amide bonds. The Bertz CT molecular complexity index is 460. The Balaban J connectivity index is 2.76. The molecule has 0 heterocycles. The number of hydrogen-bond acceptors (Lipinski definition) is 3. The van der Waals surface area contributed by atoms with Gasteiger partial charge in [-0.15, -0.1) is 0 Å². The lowest BCUT2D eigenvalue weighted by Gasteiger charge is -2.08. The first kappa shape index (κ1) is 14.1. The summed E-state index contributed by atoms with van der Waals surface area (Å²) in [6, 6.07) is 4.86. The molecule has 1 aromatic carbocycles. The van der Waals surface area contributed by atoms with E-state index < -0.39 is 0 Å². The number of carbonyl (C=O) groups excluding carboxylic acids is 1. The minimum atomic E-state index is -0.390. The molecular formula is C10H10Cl3N3O. The molecule has 7 heteroatoms. The van der Waals surface area contributed by atoms with Gasteiger partial charge in [0.2, 0.25) is 5.17 Å². The van der Waals surface area contributed by atoms with E-state index in [0.717, 1.165) is 0 Å². The van der Waals surface area contributed by atoms with Crippen LogP contribution in [0, 0.1) is 0 Å². The second-order valence-corrected chi connectivity index (χ2v) is 4.52. The van der Waals surface area contributed by atoms with Gasteiger partial charge in [0.05, 0.1) is 15.7 Å². The van der Waals surface area contributed by atoms with Gasteiger partial charge in [0.1, 0.15) is 0 Å². The molecule has 0 aromatic heterocycles. The maximum absolute atomic E-state index is 11.4. The normalized spacial score (nSPS) is 11.2. The summed E-state index contributed by atoms with van der Waals surface area (Å²) in [7, 11) is 3.17. The van der Waals surface area contributed by atoms with Crippen molar-refractivity contribution in [2.24, 2.45) is 5.10 Å². The zero-order valence-electron chi connectivity index (χ0n) is 9.17. The summed E-state index contributed by atoms with van der Waals surface area (Å²) in [6.07, 6.45) is 0. The molecule has 0 spiro atoms. The van der Waals surface area contributed by atoms with Gasteiger partial charge < -0.3 is 4.90 Å². The molecule has 1 N–H and O–H groups in total. The van der Waals surface area contributed by atoms with Crippen LogP contribution in [0.15, 0.2) is 23.3 Å². The van der Waals surface area contributed by atoms with Crippen LogP contribution < -0.4 is 5.43 Å². The van der Waals surface area contributed by atoms with Gasteiger partial charge in [0.15, 0.2) is 0 Å². The molecule has 0 aliphatic carbocycles. The zero-order valence-corrected chi connectivity index (χ0v) is 11.4. The standard InChI is InChI=1S/C10H10Cl3N3O/c1-16(2)10(17)9(13)15-14-6-3-4-7(11)8(12)5-6/h3-5,14H,1-2H3/b15-9+. The van der Waals surface area contributed by atoms with E-state index >= 15 is 0 Å². The SMILES string of the molecule is CN(C)C(=O)/C(Cl)=N\Nc1ccc(Cl)c(Cl)c1. The van der Waals surface area contributed by atoms with Crippen molar-refractivity contribution in [3.63, 3.8) is 0 Å². The average molecular weight is 295 g/mol. The number of halogens is 3. The fraction of sp³-hybridized carbons (Fsp3) is 0.200. The van der Waals surface area contributed by atoms with E-state index in [9.17, 15) is 4.79 Å². The van der Waals surface area contributed by atoms with Crippen LogP contribution in [0.4, 0.5) is 5.69 Å². The van der Waals surface area contributed by atoms with Crippen molar-refractivity contribution in [2.45, 2.75) is 0 Å². The first-order valence-electron chi connectivity index (χ1n) is 4.57. The van der Waals surface area contributed by atoms with Gasteiger partial charge in [-0.3, -0.25) is 10.2 Å². The molecule has 0 saturated heterocycles. The topological polar surface area (TPSA) is 44.7 Å². The third-order valence-corrected chi connectivity index (χ3v) is 2.77. The smallest absolute Gasteiger partial charge is 0.285 e. The van der Waals surface area contributed by atoms with Crippen LogP contribution in [0.2, 0.25) is 10.0 Å². The number of hydrogen-bond donors (Lipinski definition) is 1. The number of anilines is 1. The number of benzene rings is 1. The number of hydrazone groups is 1. The first-order valence-corrected chi connectivity index (χ1v) is 5.71. The zero-order chi connectivity index (χ0) is 13.0. The van der Waals surface area contributed by atoms with Crippen molar-refractivity contribution in [1.82, 2.24) is 4.90 Å². The highest BCUT2D eigenvalue weighted by Gasteiger charge is 2.10. The Hall–Kier alpha value is -0.970. The summed E-state index contributed by atoms with van der Waals surface area (Å²) in [6.45, 7) is 0. The van der Waals surface area contributed by atoms with Crippen LogP contribution in [-0.4, -0.2) is 30.1 Å². The lowest BCUT2D eigenvalue weighted by Crippen LogP contribution is -2.27. The molecule has 0 unspecified atom stereocenters. The van der Waals surface area contributed by atoms with E-state index in [1.807, 2.05) is 0 Å². The monoisotopic (exact) mass is 293 g/mol. The molecule has 1 rings (SSSR count). The average Bonchev–Trinajstić information content (AvgIpc) is 2.29. The Labute approximate surface area is 114 Å². The van der Waals surface area contributed by atoms with Gasteiger partial charge in [-0.05, 0) is 18.2 Å². The van der Waals surface area contributed by atoms with Gasteiger partial charge in [-0.25, -0.2) is 0 Å². The summed E-state index contributed by atoms with van der Waals surface area (Å²) in [5.74, 6) is -0.390. The fourth-order valence-electron chi connectivity index (χ4n) is 0.912. The number of nitrogens with one attached hydrogen (secondary N) is 1. The van der Waals surface area contributed by atoms with Crippen LogP contribution in [0.1, 0.15) is 0 Å². The summed E-state index contributed by atoms with van der Waals surface area (Å²) in [4.78, 5) is 12.7. The number of amides is 1. The quantitative estimate of drug-likeness (QED) is 0.688. The third-order valence-electron chi connectivity index (χ3n) is 1.79. The molecule has 0 atom stereocenters. The molecule has 0 fully saturated rings. The Morgan fingerprint density at radius 1 is 1.29 bits per heavy atom. The van der Waals surface area contributed by atoms with Gasteiger partial charge in [-0.1, -0.05) is 34.8 Å². The van der Waals surface area contributed by atoms with Crippen molar-refractivity contribution in [2.75, 3.05) is 19.5 Å². The fourth-order valence-corrected chi connectivity index (χ4v) is 1.42. The van der Waals surface area contributed by atoms with E-state index in [4.69, 9.17) is 34.8 Å². The largest absolute Gasteiger partial charge is 0.343 e. The highest BCUT2D eigenvalue weighted by molar-refractivity contribution is 6.82. The Kier molecular flexibility index (Phi) is 5.05. The van der Waals surface area contributed by atoms with E-state index in [1.54, 1.807) is 32.3 Å². The predicted molar refractivity (Wildman–Crippen MR) is 72.1 cm³/mol. The molecule has 0 bridgehead atoms. The highest BCUT2D eigenvalue weighted by Crippen LogP contribution is 2.24. The Morgan fingerprint density at radius 2 is 1.94 bits per heavy atom. The predicted octanol–water partition coefficient (Wildman–Crippen LogP) is 3.05. The third kappa shape index (κ3) is 4.07. The van der Waals surface area contributed by atoms with Crippen LogP contribution in [-0.2, 0) is 4.79 Å². The van der Waals surface area contributed by atoms with Crippen molar-refractivity contribution >= 4 is 51.6 Å². The summed E-state index contributed by atoms with van der Waals surface area (Å²) in [5, 5.41) is 4.39. The van der Waals surface area contributed by atoms with Crippen molar-refractivity contribution in [3.05, 3.63) is 28.2 Å². The molecule has 92 valence electrons. The maximum atomic E-state index is 11.4. The number of nitrogens with zero attached hydrogens (tertiary/aromatic N) is 2.